The minimum Gasteiger partial charge on any atom is -0.496 e. The van der Waals surface area contributed by atoms with Crippen molar-refractivity contribution in [3.63, 3.8) is 0 Å². The number of anilines is 1. The van der Waals surface area contributed by atoms with E-state index in [0.717, 1.165) is 44.5 Å². The van der Waals surface area contributed by atoms with Crippen LogP contribution in [-0.2, 0) is 4.79 Å². The Hall–Kier alpha value is -3.86. The Morgan fingerprint density at radius 3 is 2.55 bits per heavy atom. The lowest BCUT2D eigenvalue weighted by Crippen LogP contribution is -2.10. The van der Waals surface area contributed by atoms with Crippen LogP contribution in [0.1, 0.15) is 34.9 Å². The summed E-state index contributed by atoms with van der Waals surface area (Å²) >= 11 is 0. The smallest absolute Gasteiger partial charge is 0.249 e. The van der Waals surface area contributed by atoms with E-state index in [1.54, 1.807) is 25.5 Å². The van der Waals surface area contributed by atoms with E-state index in [1.165, 1.54) is 11.1 Å². The molecule has 0 saturated heterocycles. The van der Waals surface area contributed by atoms with Crippen LogP contribution in [0.2, 0.25) is 0 Å². The van der Waals surface area contributed by atoms with E-state index < -0.39 is 0 Å². The first-order valence-electron chi connectivity index (χ1n) is 10.9. The number of nitrogens with zero attached hydrogens (tertiary/aromatic N) is 1. The van der Waals surface area contributed by atoms with Gasteiger partial charge in [0.1, 0.15) is 17.2 Å². The van der Waals surface area contributed by atoms with E-state index in [0.29, 0.717) is 11.6 Å². The number of aryl methyl sites for hydroxylation is 4. The number of fused-ring (bicyclic) bond motifs is 1. The Balaban J connectivity index is 1.79. The maximum atomic E-state index is 12.7. The predicted octanol–water partition coefficient (Wildman–Crippen LogP) is 6.78. The Bertz CT molecular complexity index is 1400. The lowest BCUT2D eigenvalue weighted by Gasteiger charge is -2.14. The molecule has 0 unspecified atom stereocenters. The molecule has 2 heterocycles. The first-order chi connectivity index (χ1) is 15.8. The summed E-state index contributed by atoms with van der Waals surface area (Å²) in [7, 11) is 1.63. The Labute approximate surface area is 194 Å². The maximum absolute atomic E-state index is 12.7. The second-order valence-corrected chi connectivity index (χ2v) is 8.41. The van der Waals surface area contributed by atoms with E-state index in [9.17, 15) is 4.79 Å². The molecule has 4 rings (SSSR count). The van der Waals surface area contributed by atoms with Crippen molar-refractivity contribution in [3.05, 3.63) is 82.8 Å². The van der Waals surface area contributed by atoms with Crippen LogP contribution in [0.4, 0.5) is 5.82 Å². The number of hydrogen-bond donors (Lipinski definition) is 1. The third-order valence-corrected chi connectivity index (χ3v) is 5.83. The standard InChI is InChI=1S/C28H28N2O3/c1-16-10-11-21(17(2)12-16)24-15-33-28-20(5)27(32-6)22(14-23(24)28)18(3)13-26(31)30-25-9-7-8-19(4)29-25/h7-15H,1-6H3,(H,29,30,31)/b18-13+. The number of rotatable bonds is 5. The molecule has 2 aromatic heterocycles. The molecule has 0 aliphatic heterocycles. The summed E-state index contributed by atoms with van der Waals surface area (Å²) in [5.41, 5.74) is 8.71. The van der Waals surface area contributed by atoms with Crippen molar-refractivity contribution >= 4 is 28.3 Å². The monoisotopic (exact) mass is 440 g/mol. The van der Waals surface area contributed by atoms with E-state index in [-0.39, 0.29) is 5.91 Å². The van der Waals surface area contributed by atoms with Crippen LogP contribution < -0.4 is 10.1 Å². The van der Waals surface area contributed by atoms with Crippen molar-refractivity contribution in [1.82, 2.24) is 4.98 Å². The molecule has 1 N–H and O–H groups in total. The Kier molecular flexibility index (Phi) is 6.05. The van der Waals surface area contributed by atoms with Crippen LogP contribution in [0.15, 0.2) is 59.2 Å². The molecule has 0 aliphatic rings. The highest BCUT2D eigenvalue weighted by atomic mass is 16.5. The average molecular weight is 441 g/mol. The molecule has 0 saturated carbocycles. The molecule has 4 aromatic rings. The van der Waals surface area contributed by atoms with Crippen molar-refractivity contribution in [1.29, 1.82) is 0 Å². The van der Waals surface area contributed by atoms with Crippen molar-refractivity contribution in [2.75, 3.05) is 12.4 Å². The van der Waals surface area contributed by atoms with Crippen LogP contribution in [0.3, 0.4) is 0 Å². The SMILES string of the molecule is COc1c(/C(C)=C/C(=O)Nc2cccc(C)n2)cc2c(-c3ccc(C)cc3C)coc2c1C. The van der Waals surface area contributed by atoms with Crippen molar-refractivity contribution in [2.45, 2.75) is 34.6 Å². The number of benzene rings is 2. The number of carbonyl (C=O) groups is 1. The van der Waals surface area contributed by atoms with Gasteiger partial charge in [0.05, 0.1) is 13.4 Å². The van der Waals surface area contributed by atoms with E-state index >= 15 is 0 Å². The van der Waals surface area contributed by atoms with Gasteiger partial charge in [0.25, 0.3) is 0 Å². The van der Waals surface area contributed by atoms with Crippen LogP contribution >= 0.6 is 0 Å². The second kappa shape index (κ2) is 8.94. The zero-order valence-electron chi connectivity index (χ0n) is 19.9. The number of pyridine rings is 1. The summed E-state index contributed by atoms with van der Waals surface area (Å²) in [6.07, 6.45) is 3.37. The third-order valence-electron chi connectivity index (χ3n) is 5.83. The molecule has 33 heavy (non-hydrogen) atoms. The molecule has 5 nitrogen and oxygen atoms in total. The normalized spacial score (nSPS) is 11.6. The van der Waals surface area contributed by atoms with Crippen molar-refractivity contribution in [3.8, 4) is 16.9 Å². The van der Waals surface area contributed by atoms with Gasteiger partial charge in [-0.25, -0.2) is 4.98 Å². The van der Waals surface area contributed by atoms with Gasteiger partial charge in [0, 0.05) is 33.8 Å². The van der Waals surface area contributed by atoms with Gasteiger partial charge in [0.2, 0.25) is 5.91 Å². The Morgan fingerprint density at radius 2 is 1.85 bits per heavy atom. The maximum Gasteiger partial charge on any atom is 0.249 e. The number of ether oxygens (including phenoxy) is 1. The minimum absolute atomic E-state index is 0.243. The molecule has 2 aromatic carbocycles. The van der Waals surface area contributed by atoms with Crippen LogP contribution in [0.5, 0.6) is 5.75 Å². The number of amides is 1. The fraction of sp³-hybridized carbons (Fsp3) is 0.214. The molecule has 0 spiro atoms. The molecule has 1 amide bonds. The molecule has 0 bridgehead atoms. The molecule has 168 valence electrons. The fourth-order valence-corrected chi connectivity index (χ4v) is 4.25. The first kappa shape index (κ1) is 22.3. The molecule has 0 fully saturated rings. The van der Waals surface area contributed by atoms with Gasteiger partial charge in [-0.3, -0.25) is 4.79 Å². The lowest BCUT2D eigenvalue weighted by atomic mass is 9.94. The van der Waals surface area contributed by atoms with Crippen LogP contribution in [-0.4, -0.2) is 18.0 Å². The van der Waals surface area contributed by atoms with Gasteiger partial charge < -0.3 is 14.5 Å². The zero-order chi connectivity index (χ0) is 23.7. The minimum atomic E-state index is -0.243. The first-order valence-corrected chi connectivity index (χ1v) is 10.9. The number of carbonyl (C=O) groups excluding carboxylic acids is 1. The van der Waals surface area contributed by atoms with Crippen molar-refractivity contribution < 1.29 is 13.9 Å². The van der Waals surface area contributed by atoms with Gasteiger partial charge in [-0.15, -0.1) is 0 Å². The number of allylic oxidation sites excluding steroid dienone is 1. The lowest BCUT2D eigenvalue weighted by molar-refractivity contribution is -0.111. The van der Waals surface area contributed by atoms with Gasteiger partial charge >= 0.3 is 0 Å². The quantitative estimate of drug-likeness (QED) is 0.348. The number of aromatic nitrogens is 1. The zero-order valence-corrected chi connectivity index (χ0v) is 19.9. The van der Waals surface area contributed by atoms with Gasteiger partial charge in [-0.1, -0.05) is 29.8 Å². The number of methoxy groups -OCH3 is 1. The number of nitrogens with one attached hydrogen (secondary N) is 1. The molecule has 0 radical (unpaired) electrons. The average Bonchev–Trinajstić information content (AvgIpc) is 3.17. The summed E-state index contributed by atoms with van der Waals surface area (Å²) in [5.74, 6) is 0.973. The molecule has 0 atom stereocenters. The van der Waals surface area contributed by atoms with E-state index in [4.69, 9.17) is 9.15 Å². The molecular weight excluding hydrogens is 412 g/mol. The second-order valence-electron chi connectivity index (χ2n) is 8.41. The summed E-state index contributed by atoms with van der Waals surface area (Å²) in [6.45, 7) is 9.96. The molecule has 0 aliphatic carbocycles. The highest BCUT2D eigenvalue weighted by Gasteiger charge is 2.19. The molecular formula is C28H28N2O3. The van der Waals surface area contributed by atoms with Gasteiger partial charge in [-0.05, 0) is 69.5 Å². The van der Waals surface area contributed by atoms with Crippen LogP contribution in [0, 0.1) is 27.7 Å². The predicted molar refractivity (Wildman–Crippen MR) is 134 cm³/mol. The number of furan rings is 1. The fourth-order valence-electron chi connectivity index (χ4n) is 4.25. The van der Waals surface area contributed by atoms with Gasteiger partial charge in [-0.2, -0.15) is 0 Å². The molecule has 5 heteroatoms. The summed E-state index contributed by atoms with van der Waals surface area (Å²) in [6, 6.07) is 14.0. The van der Waals surface area contributed by atoms with Crippen molar-refractivity contribution in [2.24, 2.45) is 0 Å². The Morgan fingerprint density at radius 1 is 1.06 bits per heavy atom. The summed E-state index contributed by atoms with van der Waals surface area (Å²) < 4.78 is 11.7. The topological polar surface area (TPSA) is 64.4 Å². The summed E-state index contributed by atoms with van der Waals surface area (Å²) in [4.78, 5) is 17.0. The number of hydrogen-bond acceptors (Lipinski definition) is 4. The highest BCUT2D eigenvalue weighted by molar-refractivity contribution is 6.05. The van der Waals surface area contributed by atoms with E-state index in [2.05, 4.69) is 42.3 Å². The summed E-state index contributed by atoms with van der Waals surface area (Å²) in [5, 5.41) is 3.82. The van der Waals surface area contributed by atoms with Crippen LogP contribution in [0.25, 0.3) is 27.7 Å². The van der Waals surface area contributed by atoms with Gasteiger partial charge in [0.15, 0.2) is 0 Å². The highest BCUT2D eigenvalue weighted by Crippen LogP contribution is 2.41. The third kappa shape index (κ3) is 4.40. The van der Waals surface area contributed by atoms with E-state index in [1.807, 2.05) is 39.0 Å². The largest absolute Gasteiger partial charge is 0.496 e.